The summed E-state index contributed by atoms with van der Waals surface area (Å²) in [5.74, 6) is 0. The molecule has 1 heterocycles. The van der Waals surface area contributed by atoms with Crippen LogP contribution < -0.4 is 0 Å². The Hall–Kier alpha value is -2.68. The molecule has 0 radical (unpaired) electrons. The van der Waals surface area contributed by atoms with Crippen LogP contribution in [0.1, 0.15) is 16.1 Å². The maximum atomic E-state index is 11.4. The minimum absolute atomic E-state index is 0.639. The zero-order chi connectivity index (χ0) is 13.9. The molecule has 3 aromatic rings. The number of hydrogen-bond donors (Lipinski definition) is 0. The highest BCUT2D eigenvalue weighted by Crippen LogP contribution is 2.27. The average Bonchev–Trinajstić information content (AvgIpc) is 2.85. The summed E-state index contributed by atoms with van der Waals surface area (Å²) in [5, 5.41) is 4.51. The molecule has 0 aliphatic rings. The number of aryl methyl sites for hydroxylation is 1. The van der Waals surface area contributed by atoms with Crippen LogP contribution in [-0.2, 0) is 0 Å². The Morgan fingerprint density at radius 1 is 0.950 bits per heavy atom. The monoisotopic (exact) mass is 262 g/mol. The quantitative estimate of drug-likeness (QED) is 0.675. The second-order valence-corrected chi connectivity index (χ2v) is 4.58. The number of aromatic nitrogens is 2. The van der Waals surface area contributed by atoms with Crippen LogP contribution in [0.2, 0.25) is 0 Å². The first-order chi connectivity index (χ1) is 9.81. The fraction of sp³-hybridized carbons (Fsp3) is 0.0588. The van der Waals surface area contributed by atoms with Gasteiger partial charge in [-0.15, -0.1) is 0 Å². The first kappa shape index (κ1) is 12.4. The van der Waals surface area contributed by atoms with Gasteiger partial charge in [0.1, 0.15) is 0 Å². The van der Waals surface area contributed by atoms with E-state index in [1.807, 2.05) is 72.3 Å². The molecule has 0 saturated heterocycles. The number of nitrogens with zero attached hydrogens (tertiary/aromatic N) is 2. The molecule has 0 aliphatic carbocycles. The van der Waals surface area contributed by atoms with E-state index in [9.17, 15) is 4.79 Å². The van der Waals surface area contributed by atoms with Crippen LogP contribution in [0.15, 0.2) is 60.7 Å². The molecule has 0 amide bonds. The Balaban J connectivity index is 2.29. The van der Waals surface area contributed by atoms with E-state index < -0.39 is 0 Å². The Bertz CT molecular complexity index is 730. The third-order valence-corrected chi connectivity index (χ3v) is 3.27. The van der Waals surface area contributed by atoms with Crippen LogP contribution in [0, 0.1) is 6.92 Å². The first-order valence-corrected chi connectivity index (χ1v) is 6.47. The average molecular weight is 262 g/mol. The predicted molar refractivity (Wildman–Crippen MR) is 79.1 cm³/mol. The molecule has 0 bridgehead atoms. The van der Waals surface area contributed by atoms with Crippen LogP contribution in [0.5, 0.6) is 0 Å². The lowest BCUT2D eigenvalue weighted by molar-refractivity contribution is 0.112. The van der Waals surface area contributed by atoms with Crippen molar-refractivity contribution in [1.82, 2.24) is 9.78 Å². The second-order valence-electron chi connectivity index (χ2n) is 4.58. The zero-order valence-corrected chi connectivity index (χ0v) is 11.2. The van der Waals surface area contributed by atoms with Gasteiger partial charge < -0.3 is 0 Å². The molecule has 3 nitrogen and oxygen atoms in total. The van der Waals surface area contributed by atoms with Crippen LogP contribution in [0.25, 0.3) is 16.9 Å². The van der Waals surface area contributed by atoms with Crippen molar-refractivity contribution >= 4 is 6.29 Å². The van der Waals surface area contributed by atoms with Crippen LogP contribution in [0.3, 0.4) is 0 Å². The van der Waals surface area contributed by atoms with Crippen molar-refractivity contribution in [2.45, 2.75) is 6.92 Å². The van der Waals surface area contributed by atoms with E-state index in [0.29, 0.717) is 5.56 Å². The Morgan fingerprint density at radius 2 is 1.55 bits per heavy atom. The molecule has 0 atom stereocenters. The van der Waals surface area contributed by atoms with Gasteiger partial charge in [-0.2, -0.15) is 5.10 Å². The maximum Gasteiger partial charge on any atom is 0.154 e. The summed E-state index contributed by atoms with van der Waals surface area (Å²) in [7, 11) is 0. The molecule has 1 aromatic heterocycles. The van der Waals surface area contributed by atoms with Gasteiger partial charge in [0.2, 0.25) is 0 Å². The smallest absolute Gasteiger partial charge is 0.154 e. The highest BCUT2D eigenvalue weighted by atomic mass is 16.1. The number of rotatable bonds is 3. The highest BCUT2D eigenvalue weighted by Gasteiger charge is 2.17. The number of para-hydroxylation sites is 1. The van der Waals surface area contributed by atoms with Gasteiger partial charge in [0.15, 0.2) is 6.29 Å². The molecule has 0 unspecified atom stereocenters. The molecule has 20 heavy (non-hydrogen) atoms. The van der Waals surface area contributed by atoms with Crippen molar-refractivity contribution in [3.05, 3.63) is 71.9 Å². The number of benzene rings is 2. The zero-order valence-electron chi connectivity index (χ0n) is 11.2. The SMILES string of the molecule is Cc1nn(-c2ccccc2)c(-c2ccccc2)c1C=O. The number of carbonyl (C=O) groups excluding carboxylic acids is 1. The normalized spacial score (nSPS) is 10.4. The van der Waals surface area contributed by atoms with Crippen LogP contribution in [0.4, 0.5) is 0 Å². The fourth-order valence-corrected chi connectivity index (χ4v) is 2.31. The highest BCUT2D eigenvalue weighted by molar-refractivity contribution is 5.88. The molecule has 0 fully saturated rings. The van der Waals surface area contributed by atoms with E-state index in [1.165, 1.54) is 0 Å². The molecule has 3 rings (SSSR count). The topological polar surface area (TPSA) is 34.9 Å². The van der Waals surface area contributed by atoms with Crippen molar-refractivity contribution in [1.29, 1.82) is 0 Å². The lowest BCUT2D eigenvalue weighted by Gasteiger charge is -2.08. The number of hydrogen-bond acceptors (Lipinski definition) is 2. The van der Waals surface area contributed by atoms with Gasteiger partial charge in [0.25, 0.3) is 0 Å². The summed E-state index contributed by atoms with van der Waals surface area (Å²) in [4.78, 5) is 11.4. The van der Waals surface area contributed by atoms with Gasteiger partial charge in [-0.3, -0.25) is 4.79 Å². The van der Waals surface area contributed by atoms with E-state index in [2.05, 4.69) is 5.10 Å². The third kappa shape index (κ3) is 2.03. The second kappa shape index (κ2) is 5.13. The fourth-order valence-electron chi connectivity index (χ4n) is 2.31. The van der Waals surface area contributed by atoms with Crippen LogP contribution >= 0.6 is 0 Å². The summed E-state index contributed by atoms with van der Waals surface area (Å²) in [5.41, 5.74) is 4.15. The van der Waals surface area contributed by atoms with Crippen molar-refractivity contribution in [3.8, 4) is 16.9 Å². The maximum absolute atomic E-state index is 11.4. The summed E-state index contributed by atoms with van der Waals surface area (Å²) in [6, 6.07) is 19.7. The lowest BCUT2D eigenvalue weighted by Crippen LogP contribution is -1.99. The van der Waals surface area contributed by atoms with E-state index >= 15 is 0 Å². The van der Waals surface area contributed by atoms with E-state index in [-0.39, 0.29) is 0 Å². The first-order valence-electron chi connectivity index (χ1n) is 6.47. The summed E-state index contributed by atoms with van der Waals surface area (Å²) < 4.78 is 1.83. The van der Waals surface area contributed by atoms with Crippen molar-refractivity contribution in [3.63, 3.8) is 0 Å². The molecule has 0 spiro atoms. The van der Waals surface area contributed by atoms with Crippen LogP contribution in [-0.4, -0.2) is 16.1 Å². The summed E-state index contributed by atoms with van der Waals surface area (Å²) >= 11 is 0. The van der Waals surface area contributed by atoms with Gasteiger partial charge in [-0.05, 0) is 19.1 Å². The Kier molecular flexibility index (Phi) is 3.17. The predicted octanol–water partition coefficient (Wildman–Crippen LogP) is 3.66. The van der Waals surface area contributed by atoms with Gasteiger partial charge >= 0.3 is 0 Å². The molecule has 0 aliphatic heterocycles. The minimum atomic E-state index is 0.639. The standard InChI is InChI=1S/C17H14N2O/c1-13-16(12-20)17(14-8-4-2-5-9-14)19(18-13)15-10-6-3-7-11-15/h2-12H,1H3. The molecule has 98 valence electrons. The van der Waals surface area contributed by atoms with Crippen molar-refractivity contribution in [2.75, 3.05) is 0 Å². The molecule has 0 saturated carbocycles. The summed E-state index contributed by atoms with van der Waals surface area (Å²) in [6.07, 6.45) is 0.879. The molecular formula is C17H14N2O. The van der Waals surface area contributed by atoms with E-state index in [0.717, 1.165) is 28.9 Å². The lowest BCUT2D eigenvalue weighted by atomic mass is 10.1. The van der Waals surface area contributed by atoms with Crippen molar-refractivity contribution < 1.29 is 4.79 Å². The largest absolute Gasteiger partial charge is 0.298 e. The minimum Gasteiger partial charge on any atom is -0.298 e. The van der Waals surface area contributed by atoms with Gasteiger partial charge in [-0.1, -0.05) is 48.5 Å². The molecule has 0 N–H and O–H groups in total. The van der Waals surface area contributed by atoms with E-state index in [4.69, 9.17) is 0 Å². The number of aldehydes is 1. The Labute approximate surface area is 117 Å². The molecule has 3 heteroatoms. The van der Waals surface area contributed by atoms with Gasteiger partial charge in [-0.25, -0.2) is 4.68 Å². The summed E-state index contributed by atoms with van der Waals surface area (Å²) in [6.45, 7) is 1.86. The third-order valence-electron chi connectivity index (χ3n) is 3.27. The van der Waals surface area contributed by atoms with Gasteiger partial charge in [0.05, 0.1) is 22.6 Å². The molecular weight excluding hydrogens is 248 g/mol. The van der Waals surface area contributed by atoms with E-state index in [1.54, 1.807) is 0 Å². The number of carbonyl (C=O) groups is 1. The Morgan fingerprint density at radius 3 is 2.15 bits per heavy atom. The van der Waals surface area contributed by atoms with Crippen molar-refractivity contribution in [2.24, 2.45) is 0 Å². The molecule has 2 aromatic carbocycles. The van der Waals surface area contributed by atoms with Gasteiger partial charge in [0, 0.05) is 5.56 Å².